The number of rotatable bonds is 5. The number of ether oxygens (including phenoxy) is 2. The number of para-hydroxylation sites is 1. The topological polar surface area (TPSA) is 76.7 Å². The molecule has 0 spiro atoms. The highest BCUT2D eigenvalue weighted by atomic mass is 16.5. The summed E-state index contributed by atoms with van der Waals surface area (Å²) in [5.41, 5.74) is 1.58. The van der Waals surface area contributed by atoms with Crippen molar-refractivity contribution in [1.29, 1.82) is 0 Å². The van der Waals surface area contributed by atoms with Crippen LogP contribution in [0.4, 0.5) is 4.79 Å². The van der Waals surface area contributed by atoms with Gasteiger partial charge in [-0.25, -0.2) is 9.59 Å². The van der Waals surface area contributed by atoms with Crippen LogP contribution in [0, 0.1) is 0 Å². The van der Waals surface area contributed by atoms with E-state index in [0.29, 0.717) is 17.0 Å². The van der Waals surface area contributed by atoms with E-state index in [9.17, 15) is 9.59 Å². The molecule has 1 heterocycles. The molecule has 0 aliphatic carbocycles. The molecule has 1 aromatic carbocycles. The molecular weight excluding hydrogens is 296 g/mol. The van der Waals surface area contributed by atoms with E-state index < -0.39 is 12.0 Å². The van der Waals surface area contributed by atoms with Crippen molar-refractivity contribution in [2.45, 2.75) is 39.8 Å². The number of carbonyl (C=O) groups is 2. The number of allylic oxidation sites excluding steroid dienone is 1. The van der Waals surface area contributed by atoms with Crippen LogP contribution in [0.5, 0.6) is 5.75 Å². The van der Waals surface area contributed by atoms with Crippen LogP contribution in [-0.2, 0) is 9.53 Å². The first-order chi connectivity index (χ1) is 10.9. The van der Waals surface area contributed by atoms with Crippen molar-refractivity contribution in [2.24, 2.45) is 0 Å². The maximum absolute atomic E-state index is 12.3. The van der Waals surface area contributed by atoms with Gasteiger partial charge in [0.05, 0.1) is 24.3 Å². The molecule has 6 heteroatoms. The van der Waals surface area contributed by atoms with Crippen molar-refractivity contribution in [3.05, 3.63) is 41.1 Å². The van der Waals surface area contributed by atoms with E-state index in [4.69, 9.17) is 9.47 Å². The van der Waals surface area contributed by atoms with Gasteiger partial charge in [0.25, 0.3) is 0 Å². The third-order valence-corrected chi connectivity index (χ3v) is 3.36. The number of esters is 1. The van der Waals surface area contributed by atoms with E-state index in [2.05, 4.69) is 10.6 Å². The molecule has 124 valence electrons. The molecule has 2 amide bonds. The molecule has 23 heavy (non-hydrogen) atoms. The van der Waals surface area contributed by atoms with Gasteiger partial charge in [-0.2, -0.15) is 0 Å². The molecule has 1 atom stereocenters. The number of amides is 2. The van der Waals surface area contributed by atoms with Crippen molar-refractivity contribution in [3.63, 3.8) is 0 Å². The molecule has 1 aromatic rings. The number of hydrogen-bond donors (Lipinski definition) is 2. The van der Waals surface area contributed by atoms with Crippen molar-refractivity contribution < 1.29 is 19.1 Å². The summed E-state index contributed by atoms with van der Waals surface area (Å²) in [5.74, 6) is 0.172. The molecule has 0 radical (unpaired) electrons. The normalized spacial score (nSPS) is 17.6. The van der Waals surface area contributed by atoms with E-state index in [-0.39, 0.29) is 18.7 Å². The molecule has 0 aromatic heterocycles. The molecule has 6 nitrogen and oxygen atoms in total. The van der Waals surface area contributed by atoms with Crippen LogP contribution in [0.2, 0.25) is 0 Å². The summed E-state index contributed by atoms with van der Waals surface area (Å²) in [6.07, 6.45) is -0.0234. The quantitative estimate of drug-likeness (QED) is 0.818. The minimum Gasteiger partial charge on any atom is -0.491 e. The van der Waals surface area contributed by atoms with Gasteiger partial charge in [-0.1, -0.05) is 18.2 Å². The van der Waals surface area contributed by atoms with Crippen molar-refractivity contribution in [3.8, 4) is 5.75 Å². The van der Waals surface area contributed by atoms with Crippen LogP contribution in [0.3, 0.4) is 0 Å². The lowest BCUT2D eigenvalue weighted by molar-refractivity contribution is -0.139. The Morgan fingerprint density at radius 1 is 1.30 bits per heavy atom. The second-order valence-electron chi connectivity index (χ2n) is 5.50. The SMILES string of the molecule is CCOC(=O)C1=C(C)NC(=O)N[C@@H]1c1ccccc1OC(C)C. The molecule has 1 aliphatic heterocycles. The van der Waals surface area contributed by atoms with Crippen LogP contribution in [-0.4, -0.2) is 24.7 Å². The summed E-state index contributed by atoms with van der Waals surface area (Å²) in [4.78, 5) is 24.2. The number of carbonyl (C=O) groups excluding carboxylic acids is 2. The first kappa shape index (κ1) is 16.9. The second-order valence-corrected chi connectivity index (χ2v) is 5.50. The van der Waals surface area contributed by atoms with Gasteiger partial charge in [-0.3, -0.25) is 0 Å². The fourth-order valence-corrected chi connectivity index (χ4v) is 2.49. The summed E-state index contributed by atoms with van der Waals surface area (Å²) < 4.78 is 10.9. The standard InChI is InChI=1S/C17H22N2O4/c1-5-22-16(20)14-11(4)18-17(21)19-15(14)12-8-6-7-9-13(12)23-10(2)3/h6-10,15H,5H2,1-4H3,(H2,18,19,21)/t15-/m1/s1. The maximum atomic E-state index is 12.3. The third-order valence-electron chi connectivity index (χ3n) is 3.36. The first-order valence-corrected chi connectivity index (χ1v) is 7.65. The van der Waals surface area contributed by atoms with Crippen molar-refractivity contribution in [1.82, 2.24) is 10.6 Å². The Morgan fingerprint density at radius 3 is 2.65 bits per heavy atom. The van der Waals surface area contributed by atoms with E-state index in [1.54, 1.807) is 13.8 Å². The van der Waals surface area contributed by atoms with E-state index in [1.807, 2.05) is 38.1 Å². The molecule has 0 bridgehead atoms. The average Bonchev–Trinajstić information content (AvgIpc) is 2.46. The van der Waals surface area contributed by atoms with E-state index in [1.165, 1.54) is 0 Å². The van der Waals surface area contributed by atoms with Gasteiger partial charge in [0.1, 0.15) is 5.75 Å². The Hall–Kier alpha value is -2.50. The molecule has 2 N–H and O–H groups in total. The molecule has 2 rings (SSSR count). The Morgan fingerprint density at radius 2 is 2.00 bits per heavy atom. The van der Waals surface area contributed by atoms with E-state index >= 15 is 0 Å². The van der Waals surface area contributed by atoms with Crippen LogP contribution < -0.4 is 15.4 Å². The number of nitrogens with one attached hydrogen (secondary N) is 2. The highest BCUT2D eigenvalue weighted by Gasteiger charge is 2.33. The first-order valence-electron chi connectivity index (χ1n) is 7.65. The van der Waals surface area contributed by atoms with Crippen LogP contribution in [0.1, 0.15) is 39.3 Å². The average molecular weight is 318 g/mol. The van der Waals surface area contributed by atoms with E-state index in [0.717, 1.165) is 5.56 Å². The smallest absolute Gasteiger partial charge is 0.338 e. The maximum Gasteiger partial charge on any atom is 0.338 e. The Bertz CT molecular complexity index is 637. The number of hydrogen-bond acceptors (Lipinski definition) is 4. The summed E-state index contributed by atoms with van der Waals surface area (Å²) in [6.45, 7) is 7.54. The van der Waals surface area contributed by atoms with Crippen LogP contribution in [0.25, 0.3) is 0 Å². The molecule has 0 unspecified atom stereocenters. The largest absolute Gasteiger partial charge is 0.491 e. The fraction of sp³-hybridized carbons (Fsp3) is 0.412. The summed E-state index contributed by atoms with van der Waals surface area (Å²) in [6, 6.07) is 6.37. The van der Waals surface area contributed by atoms with Gasteiger partial charge in [-0.05, 0) is 33.8 Å². The predicted octanol–water partition coefficient (Wildman–Crippen LogP) is 2.66. The highest BCUT2D eigenvalue weighted by molar-refractivity contribution is 5.95. The van der Waals surface area contributed by atoms with Crippen molar-refractivity contribution in [2.75, 3.05) is 6.61 Å². The zero-order valence-corrected chi connectivity index (χ0v) is 13.8. The number of urea groups is 1. The minimum absolute atomic E-state index is 0.0234. The zero-order valence-electron chi connectivity index (χ0n) is 13.8. The van der Waals surface area contributed by atoms with Gasteiger partial charge >= 0.3 is 12.0 Å². The van der Waals surface area contributed by atoms with Crippen molar-refractivity contribution >= 4 is 12.0 Å². The Kier molecular flexibility index (Phi) is 5.26. The lowest BCUT2D eigenvalue weighted by Gasteiger charge is -2.29. The lowest BCUT2D eigenvalue weighted by Crippen LogP contribution is -2.45. The monoisotopic (exact) mass is 318 g/mol. The van der Waals surface area contributed by atoms with Crippen LogP contribution in [0.15, 0.2) is 35.5 Å². The van der Waals surface area contributed by atoms with Gasteiger partial charge < -0.3 is 20.1 Å². The Balaban J connectivity index is 2.48. The van der Waals surface area contributed by atoms with Gasteiger partial charge in [0, 0.05) is 11.3 Å². The summed E-state index contributed by atoms with van der Waals surface area (Å²) in [5, 5.41) is 5.39. The predicted molar refractivity (Wildman–Crippen MR) is 85.9 cm³/mol. The van der Waals surface area contributed by atoms with Gasteiger partial charge in [-0.15, -0.1) is 0 Å². The molecule has 0 saturated heterocycles. The molecular formula is C17H22N2O4. The summed E-state index contributed by atoms with van der Waals surface area (Å²) >= 11 is 0. The third kappa shape index (κ3) is 3.83. The second kappa shape index (κ2) is 7.17. The highest BCUT2D eigenvalue weighted by Crippen LogP contribution is 2.33. The molecule has 0 saturated carbocycles. The van der Waals surface area contributed by atoms with Crippen LogP contribution >= 0.6 is 0 Å². The van der Waals surface area contributed by atoms with Gasteiger partial charge in [0.15, 0.2) is 0 Å². The number of benzene rings is 1. The summed E-state index contributed by atoms with van der Waals surface area (Å²) in [7, 11) is 0. The fourth-order valence-electron chi connectivity index (χ4n) is 2.49. The molecule has 1 aliphatic rings. The zero-order chi connectivity index (χ0) is 17.0. The minimum atomic E-state index is -0.613. The Labute approximate surface area is 135 Å². The van der Waals surface area contributed by atoms with Gasteiger partial charge in [0.2, 0.25) is 0 Å². The molecule has 0 fully saturated rings. The lowest BCUT2D eigenvalue weighted by atomic mass is 9.95.